The van der Waals surface area contributed by atoms with Crippen molar-refractivity contribution < 1.29 is 19.1 Å². The molecule has 1 fully saturated rings. The number of nitrogens with one attached hydrogen (secondary N) is 3. The lowest BCUT2D eigenvalue weighted by Crippen LogP contribution is -2.37. The first-order valence-electron chi connectivity index (χ1n) is 10.9. The highest BCUT2D eigenvalue weighted by Crippen LogP contribution is 2.37. The Morgan fingerprint density at radius 2 is 2.07 bits per heavy atom. The molecule has 8 heteroatoms. The summed E-state index contributed by atoms with van der Waals surface area (Å²) in [5.41, 5.74) is 2.22. The van der Waals surface area contributed by atoms with Crippen LogP contribution in [0.2, 0.25) is 5.02 Å². The van der Waals surface area contributed by atoms with Crippen LogP contribution in [0.15, 0.2) is 16.5 Å². The van der Waals surface area contributed by atoms with E-state index in [1.165, 1.54) is 0 Å². The van der Waals surface area contributed by atoms with Crippen LogP contribution in [0.1, 0.15) is 54.6 Å². The van der Waals surface area contributed by atoms with Crippen LogP contribution >= 0.6 is 11.6 Å². The van der Waals surface area contributed by atoms with Crippen molar-refractivity contribution in [2.24, 2.45) is 5.92 Å². The van der Waals surface area contributed by atoms with Crippen LogP contribution in [0, 0.1) is 5.92 Å². The second-order valence-corrected chi connectivity index (χ2v) is 8.56. The van der Waals surface area contributed by atoms with E-state index in [2.05, 4.69) is 16.0 Å². The first-order valence-corrected chi connectivity index (χ1v) is 11.3. The van der Waals surface area contributed by atoms with Gasteiger partial charge in [0.2, 0.25) is 0 Å². The number of rotatable bonds is 4. The summed E-state index contributed by atoms with van der Waals surface area (Å²) in [5, 5.41) is 20.5. The third kappa shape index (κ3) is 5.09. The number of furan rings is 1. The number of benzene rings is 1. The molecule has 2 aromatic rings. The Hall–Kier alpha value is -1.80. The van der Waals surface area contributed by atoms with Crippen molar-refractivity contribution in [3.8, 4) is 0 Å². The Kier molecular flexibility index (Phi) is 7.15. The van der Waals surface area contributed by atoms with Gasteiger partial charge in [-0.05, 0) is 63.1 Å². The van der Waals surface area contributed by atoms with Gasteiger partial charge in [0, 0.05) is 30.7 Å². The number of hydrogen-bond donors (Lipinski definition) is 4. The van der Waals surface area contributed by atoms with E-state index < -0.39 is 6.35 Å². The van der Waals surface area contributed by atoms with Gasteiger partial charge in [-0.15, -0.1) is 0 Å². The van der Waals surface area contributed by atoms with E-state index >= 15 is 0 Å². The molecule has 3 heterocycles. The molecule has 1 atom stereocenters. The third-order valence-electron chi connectivity index (χ3n) is 5.98. The third-order valence-corrected chi connectivity index (χ3v) is 6.28. The van der Waals surface area contributed by atoms with E-state index in [-0.39, 0.29) is 11.7 Å². The number of aliphatic hydroxyl groups excluding tert-OH is 1. The number of hydrogen-bond acceptors (Lipinski definition) is 6. The summed E-state index contributed by atoms with van der Waals surface area (Å²) in [7, 11) is 0. The smallest absolute Gasteiger partial charge is 0.287 e. The van der Waals surface area contributed by atoms with Crippen molar-refractivity contribution in [3.05, 3.63) is 28.5 Å². The van der Waals surface area contributed by atoms with Gasteiger partial charge in [0.05, 0.1) is 10.7 Å². The number of carbonyl (C=O) groups is 1. The molecule has 1 aromatic heterocycles. The fraction of sp³-hybridized carbons (Fsp3) is 0.591. The molecule has 1 saturated heterocycles. The Bertz CT molecular complexity index is 879. The van der Waals surface area contributed by atoms with Crippen LogP contribution in [0.4, 0.5) is 5.69 Å². The maximum atomic E-state index is 12.7. The SMILES string of the molecule is O=C(NCCC1CCOCC1)c1cc2cc(Cl)c3c(c2o1)CCCCCNC(O)N3. The van der Waals surface area contributed by atoms with Crippen LogP contribution in [-0.4, -0.2) is 43.7 Å². The predicted octanol–water partition coefficient (Wildman–Crippen LogP) is 3.64. The Labute approximate surface area is 181 Å². The highest BCUT2D eigenvalue weighted by molar-refractivity contribution is 6.34. The van der Waals surface area contributed by atoms with Gasteiger partial charge in [-0.25, -0.2) is 0 Å². The molecule has 4 rings (SSSR count). The van der Waals surface area contributed by atoms with Crippen LogP contribution in [-0.2, 0) is 11.2 Å². The summed E-state index contributed by atoms with van der Waals surface area (Å²) in [5.74, 6) is 0.683. The lowest BCUT2D eigenvalue weighted by atomic mass is 9.97. The highest BCUT2D eigenvalue weighted by Gasteiger charge is 2.21. The van der Waals surface area contributed by atoms with Crippen molar-refractivity contribution in [1.82, 2.24) is 10.6 Å². The molecule has 0 radical (unpaired) electrons. The molecule has 0 aliphatic carbocycles. The number of aryl methyl sites for hydroxylation is 1. The lowest BCUT2D eigenvalue weighted by Gasteiger charge is -2.21. The van der Waals surface area contributed by atoms with Gasteiger partial charge in [-0.3, -0.25) is 10.1 Å². The molecule has 1 unspecified atom stereocenters. The van der Waals surface area contributed by atoms with E-state index in [0.29, 0.717) is 28.8 Å². The van der Waals surface area contributed by atoms with Crippen LogP contribution < -0.4 is 16.0 Å². The number of aliphatic hydroxyl groups is 1. The van der Waals surface area contributed by atoms with Crippen molar-refractivity contribution in [2.45, 2.75) is 51.3 Å². The molecular weight excluding hydrogens is 406 g/mol. The summed E-state index contributed by atoms with van der Waals surface area (Å²) < 4.78 is 11.4. The normalized spacial score (nSPS) is 21.1. The maximum Gasteiger partial charge on any atom is 0.287 e. The molecule has 0 saturated carbocycles. The molecule has 4 N–H and O–H groups in total. The maximum absolute atomic E-state index is 12.7. The summed E-state index contributed by atoms with van der Waals surface area (Å²) in [6.07, 6.45) is 5.94. The Morgan fingerprint density at radius 1 is 1.23 bits per heavy atom. The number of halogens is 1. The van der Waals surface area contributed by atoms with Crippen molar-refractivity contribution >= 4 is 34.2 Å². The van der Waals surface area contributed by atoms with Crippen molar-refractivity contribution in [3.63, 3.8) is 0 Å². The van der Waals surface area contributed by atoms with E-state index in [1.54, 1.807) is 12.1 Å². The molecule has 30 heavy (non-hydrogen) atoms. The van der Waals surface area contributed by atoms with Crippen LogP contribution in [0.25, 0.3) is 11.0 Å². The van der Waals surface area contributed by atoms with Crippen LogP contribution in [0.3, 0.4) is 0 Å². The quantitative estimate of drug-likeness (QED) is 0.585. The summed E-state index contributed by atoms with van der Waals surface area (Å²) in [6, 6.07) is 3.53. The molecular formula is C22H30ClN3O4. The molecule has 164 valence electrons. The molecule has 2 aliphatic rings. The minimum atomic E-state index is -0.889. The first kappa shape index (κ1) is 21.4. The van der Waals surface area contributed by atoms with Gasteiger partial charge in [-0.1, -0.05) is 18.0 Å². The standard InChI is InChI=1S/C22H30ClN3O4/c23-17-12-15-13-18(21(27)24-9-5-14-6-10-29-11-7-14)30-20(15)16-4-2-1-3-8-25-22(28)26-19(16)17/h12-14,22,25-26,28H,1-11H2,(H,24,27). The zero-order valence-corrected chi connectivity index (χ0v) is 17.9. The summed E-state index contributed by atoms with van der Waals surface area (Å²) in [4.78, 5) is 12.7. The van der Waals surface area contributed by atoms with Gasteiger partial charge in [0.25, 0.3) is 5.91 Å². The summed E-state index contributed by atoms with van der Waals surface area (Å²) >= 11 is 6.51. The van der Waals surface area contributed by atoms with Gasteiger partial charge in [0.1, 0.15) is 5.58 Å². The number of ether oxygens (including phenoxy) is 1. The van der Waals surface area contributed by atoms with E-state index in [4.69, 9.17) is 20.8 Å². The summed E-state index contributed by atoms with van der Waals surface area (Å²) in [6.45, 7) is 2.99. The number of anilines is 1. The first-order chi connectivity index (χ1) is 14.6. The fourth-order valence-corrected chi connectivity index (χ4v) is 4.55. The number of amides is 1. The van der Waals surface area contributed by atoms with Gasteiger partial charge >= 0.3 is 0 Å². The predicted molar refractivity (Wildman–Crippen MR) is 117 cm³/mol. The minimum absolute atomic E-state index is 0.211. The van der Waals surface area contributed by atoms with E-state index in [0.717, 1.165) is 75.7 Å². The zero-order chi connectivity index (χ0) is 20.9. The van der Waals surface area contributed by atoms with E-state index in [1.807, 2.05) is 0 Å². The topological polar surface area (TPSA) is 95.8 Å². The molecule has 1 aromatic carbocycles. The van der Waals surface area contributed by atoms with Crippen molar-refractivity contribution in [1.29, 1.82) is 0 Å². The second kappa shape index (κ2) is 10.0. The molecule has 1 amide bonds. The fourth-order valence-electron chi connectivity index (χ4n) is 4.26. The minimum Gasteiger partial charge on any atom is -0.451 e. The number of fused-ring (bicyclic) bond motifs is 3. The van der Waals surface area contributed by atoms with Gasteiger partial charge in [0.15, 0.2) is 12.1 Å². The van der Waals surface area contributed by atoms with Crippen molar-refractivity contribution in [2.75, 3.05) is 31.6 Å². The average Bonchev–Trinajstić information content (AvgIpc) is 3.17. The van der Waals surface area contributed by atoms with Crippen LogP contribution in [0.5, 0.6) is 0 Å². The molecule has 2 aliphatic heterocycles. The molecule has 0 spiro atoms. The Morgan fingerprint density at radius 3 is 2.90 bits per heavy atom. The molecule has 7 nitrogen and oxygen atoms in total. The zero-order valence-electron chi connectivity index (χ0n) is 17.1. The highest BCUT2D eigenvalue weighted by atomic mass is 35.5. The monoisotopic (exact) mass is 435 g/mol. The Balaban J connectivity index is 1.51. The largest absolute Gasteiger partial charge is 0.451 e. The lowest BCUT2D eigenvalue weighted by molar-refractivity contribution is 0.0635. The van der Waals surface area contributed by atoms with Gasteiger partial charge < -0.3 is 24.9 Å². The van der Waals surface area contributed by atoms with E-state index in [9.17, 15) is 9.90 Å². The second-order valence-electron chi connectivity index (χ2n) is 8.15. The number of carbonyl (C=O) groups excluding carboxylic acids is 1. The average molecular weight is 436 g/mol. The molecule has 0 bridgehead atoms. The van der Waals surface area contributed by atoms with Gasteiger partial charge in [-0.2, -0.15) is 0 Å².